The fourth-order valence-electron chi connectivity index (χ4n) is 10.7. The summed E-state index contributed by atoms with van der Waals surface area (Å²) in [6.07, 6.45) is 9.61. The molecular weight excluding hydrogens is 587 g/mol. The molecule has 4 aromatic carbocycles. The van der Waals surface area contributed by atoms with Gasteiger partial charge in [0.05, 0.1) is 10.9 Å². The van der Waals surface area contributed by atoms with Crippen molar-refractivity contribution in [2.75, 3.05) is 0 Å². The molecule has 1 saturated carbocycles. The third kappa shape index (κ3) is 3.36. The number of pyridine rings is 1. The third-order valence-electron chi connectivity index (χ3n) is 12.7. The molecule has 4 atom stereocenters. The van der Waals surface area contributed by atoms with E-state index in [4.69, 9.17) is 9.47 Å². The van der Waals surface area contributed by atoms with Crippen LogP contribution in [0, 0.1) is 6.92 Å². The predicted molar refractivity (Wildman–Crippen MR) is 194 cm³/mol. The molecule has 3 nitrogen and oxygen atoms in total. The standard InChI is InChI=1S/C45H46NO2/c1-7-10-17-30-23-25-34-38-33(30)26-27-46-41(38)39-35(24-22-29(4)40(39)42(34,5)6)43(8-2)44(46,9-3)45(43)47-36(31-18-13-11-14-19-31)28-37(48-45)32-20-15-12-16-21-32/h11-16,18-28,36H,7-10,17H2,1-6H3/q+1. The summed E-state index contributed by atoms with van der Waals surface area (Å²) in [5.74, 6) is -0.0103. The number of unbranched alkanes of at least 4 members (excludes halogenated alkanes) is 1. The molecule has 0 saturated heterocycles. The normalized spacial score (nSPS) is 27.0. The van der Waals surface area contributed by atoms with Gasteiger partial charge < -0.3 is 9.47 Å². The van der Waals surface area contributed by atoms with E-state index in [-0.39, 0.29) is 11.5 Å². The average Bonchev–Trinajstić information content (AvgIpc) is 3.63. The number of hydrogen-bond acceptors (Lipinski definition) is 2. The summed E-state index contributed by atoms with van der Waals surface area (Å²) in [6, 6.07) is 33.4. The number of aryl methyl sites for hydroxylation is 2. The first-order chi connectivity index (χ1) is 23.3. The minimum atomic E-state index is -0.913. The molecule has 1 aromatic heterocycles. The van der Waals surface area contributed by atoms with E-state index in [9.17, 15) is 0 Å². The zero-order valence-electron chi connectivity index (χ0n) is 29.2. The van der Waals surface area contributed by atoms with Gasteiger partial charge in [-0.1, -0.05) is 126 Å². The fourth-order valence-corrected chi connectivity index (χ4v) is 10.7. The molecule has 4 unspecified atom stereocenters. The monoisotopic (exact) mass is 632 g/mol. The lowest BCUT2D eigenvalue weighted by Crippen LogP contribution is -2.58. The van der Waals surface area contributed by atoms with E-state index in [0.29, 0.717) is 0 Å². The first-order valence-corrected chi connectivity index (χ1v) is 18.2. The Morgan fingerprint density at radius 3 is 2.23 bits per heavy atom. The van der Waals surface area contributed by atoms with Crippen molar-refractivity contribution < 1.29 is 14.0 Å². The van der Waals surface area contributed by atoms with Crippen LogP contribution in [-0.2, 0) is 32.3 Å². The number of rotatable bonds is 7. The number of fused-ring (bicyclic) bond motifs is 5. The molecule has 0 N–H and O–H groups in total. The lowest BCUT2D eigenvalue weighted by Gasteiger charge is -2.39. The van der Waals surface area contributed by atoms with Crippen LogP contribution in [0.3, 0.4) is 0 Å². The van der Waals surface area contributed by atoms with Gasteiger partial charge in [0.15, 0.2) is 6.20 Å². The van der Waals surface area contributed by atoms with Gasteiger partial charge in [0.25, 0.3) is 5.79 Å². The van der Waals surface area contributed by atoms with Gasteiger partial charge in [-0.05, 0) is 71.0 Å². The SMILES string of the molecule is CCCCc1ccc2c3c4[n+](ccc13)C1(CC)C3(OC(c5ccccc5)=CC(c5ccccc5)O3)C1(CC)c1ccc(C)c(c1-4)C2(C)C. The van der Waals surface area contributed by atoms with Gasteiger partial charge in [0.2, 0.25) is 11.2 Å². The van der Waals surface area contributed by atoms with Crippen LogP contribution < -0.4 is 4.57 Å². The molecule has 0 bridgehead atoms. The highest BCUT2D eigenvalue weighted by Gasteiger charge is 3.00. The van der Waals surface area contributed by atoms with Crippen molar-refractivity contribution >= 4 is 16.5 Å². The molecule has 3 heterocycles. The molecule has 1 spiro atoms. The lowest BCUT2D eigenvalue weighted by molar-refractivity contribution is -0.745. The largest absolute Gasteiger partial charge is 0.453 e. The molecule has 9 rings (SSSR count). The maximum Gasteiger partial charge on any atom is 0.295 e. The van der Waals surface area contributed by atoms with Crippen molar-refractivity contribution in [3.05, 3.63) is 142 Å². The first-order valence-electron chi connectivity index (χ1n) is 18.2. The zero-order valence-corrected chi connectivity index (χ0v) is 29.2. The summed E-state index contributed by atoms with van der Waals surface area (Å²) in [5.41, 5.74) is 11.1. The highest BCUT2D eigenvalue weighted by molar-refractivity contribution is 6.03. The Hall–Kier alpha value is -4.21. The number of aromatic nitrogens is 1. The van der Waals surface area contributed by atoms with Crippen molar-refractivity contribution in [1.82, 2.24) is 0 Å². The molecule has 242 valence electrons. The summed E-state index contributed by atoms with van der Waals surface area (Å²) in [4.78, 5) is 0. The van der Waals surface area contributed by atoms with Crippen LogP contribution in [0.1, 0.15) is 105 Å². The number of hydrogen-bond donors (Lipinski definition) is 0. The van der Waals surface area contributed by atoms with Crippen LogP contribution in [0.15, 0.2) is 103 Å². The molecular formula is C45H46NO2+. The predicted octanol–water partition coefficient (Wildman–Crippen LogP) is 10.4. The van der Waals surface area contributed by atoms with Gasteiger partial charge in [-0.25, -0.2) is 0 Å². The van der Waals surface area contributed by atoms with E-state index in [1.165, 1.54) is 62.7 Å². The molecule has 2 aliphatic heterocycles. The minimum absolute atomic E-state index is 0.150. The van der Waals surface area contributed by atoms with E-state index in [2.05, 4.69) is 149 Å². The van der Waals surface area contributed by atoms with Gasteiger partial charge in [-0.3, -0.25) is 0 Å². The van der Waals surface area contributed by atoms with Crippen molar-refractivity contribution in [2.45, 2.75) is 102 Å². The quantitative estimate of drug-likeness (QED) is 0.167. The topological polar surface area (TPSA) is 22.3 Å². The molecule has 5 aromatic rings. The summed E-state index contributed by atoms with van der Waals surface area (Å²) in [6.45, 7) is 14.2. The Kier molecular flexibility index (Phi) is 6.32. The van der Waals surface area contributed by atoms with Gasteiger partial charge in [0, 0.05) is 23.5 Å². The Bertz CT molecular complexity index is 2150. The van der Waals surface area contributed by atoms with E-state index >= 15 is 0 Å². The Labute approximate surface area is 285 Å². The van der Waals surface area contributed by atoms with Gasteiger partial charge in [-0.15, -0.1) is 0 Å². The second-order valence-corrected chi connectivity index (χ2v) is 15.0. The molecule has 1 fully saturated rings. The smallest absolute Gasteiger partial charge is 0.295 e. The second-order valence-electron chi connectivity index (χ2n) is 15.0. The molecule has 2 aliphatic carbocycles. The Morgan fingerprint density at radius 1 is 0.792 bits per heavy atom. The maximum atomic E-state index is 7.58. The van der Waals surface area contributed by atoms with E-state index in [0.717, 1.165) is 36.1 Å². The van der Waals surface area contributed by atoms with Crippen LogP contribution in [-0.4, -0.2) is 5.79 Å². The lowest BCUT2D eigenvalue weighted by atomic mass is 9.64. The maximum absolute atomic E-state index is 7.58. The Morgan fingerprint density at radius 2 is 1.52 bits per heavy atom. The van der Waals surface area contributed by atoms with E-state index < -0.39 is 16.7 Å². The summed E-state index contributed by atoms with van der Waals surface area (Å²) >= 11 is 0. The minimum Gasteiger partial charge on any atom is -0.453 e. The van der Waals surface area contributed by atoms with Crippen LogP contribution in [0.5, 0.6) is 0 Å². The Balaban J connectivity index is 1.39. The highest BCUT2D eigenvalue weighted by Crippen LogP contribution is 2.79. The van der Waals surface area contributed by atoms with Crippen LogP contribution >= 0.6 is 0 Å². The molecule has 3 heteroatoms. The molecule has 0 radical (unpaired) electrons. The third-order valence-corrected chi connectivity index (χ3v) is 12.7. The molecule has 4 aliphatic rings. The van der Waals surface area contributed by atoms with Crippen LogP contribution in [0.2, 0.25) is 0 Å². The van der Waals surface area contributed by atoms with Crippen molar-refractivity contribution in [2.24, 2.45) is 0 Å². The van der Waals surface area contributed by atoms with E-state index in [1.54, 1.807) is 0 Å². The molecule has 48 heavy (non-hydrogen) atoms. The summed E-state index contributed by atoms with van der Waals surface area (Å²) in [7, 11) is 0. The number of nitrogens with zero attached hydrogens (tertiary/aromatic N) is 1. The van der Waals surface area contributed by atoms with Crippen molar-refractivity contribution in [3.63, 3.8) is 0 Å². The number of benzene rings is 4. The summed E-state index contributed by atoms with van der Waals surface area (Å²) in [5, 5.41) is 2.82. The van der Waals surface area contributed by atoms with Crippen LogP contribution in [0.25, 0.3) is 27.8 Å². The average molecular weight is 633 g/mol. The van der Waals surface area contributed by atoms with E-state index in [1.807, 2.05) is 0 Å². The fraction of sp³-hybridized carbons (Fsp3) is 0.356. The number of ether oxygens (including phenoxy) is 2. The highest BCUT2D eigenvalue weighted by atomic mass is 16.7. The van der Waals surface area contributed by atoms with Crippen LogP contribution in [0.4, 0.5) is 0 Å². The van der Waals surface area contributed by atoms with Gasteiger partial charge in [0.1, 0.15) is 17.3 Å². The zero-order chi connectivity index (χ0) is 33.1. The summed E-state index contributed by atoms with van der Waals surface area (Å²) < 4.78 is 17.7. The van der Waals surface area contributed by atoms with Crippen molar-refractivity contribution in [1.29, 1.82) is 0 Å². The second kappa shape index (κ2) is 10.2. The van der Waals surface area contributed by atoms with Gasteiger partial charge in [-0.2, -0.15) is 4.57 Å². The molecule has 0 amide bonds. The van der Waals surface area contributed by atoms with Gasteiger partial charge >= 0.3 is 0 Å². The first kappa shape index (κ1) is 29.9. The van der Waals surface area contributed by atoms with Crippen molar-refractivity contribution in [3.8, 4) is 11.3 Å².